The van der Waals surface area contributed by atoms with Gasteiger partial charge in [0.15, 0.2) is 0 Å². The van der Waals surface area contributed by atoms with Gasteiger partial charge >= 0.3 is 17.1 Å². The Bertz CT molecular complexity index is 707. The third-order valence-electron chi connectivity index (χ3n) is 5.04. The van der Waals surface area contributed by atoms with Gasteiger partial charge in [0.1, 0.15) is 0 Å². The smallest absolute Gasteiger partial charge is 0.537 e. The average Bonchev–Trinajstić information content (AvgIpc) is 3.43. The summed E-state index contributed by atoms with van der Waals surface area (Å²) in [7, 11) is 2.18. The van der Waals surface area contributed by atoms with Gasteiger partial charge in [-0.3, -0.25) is 0 Å². The van der Waals surface area contributed by atoms with Crippen LogP contribution in [0.5, 0.6) is 0 Å². The summed E-state index contributed by atoms with van der Waals surface area (Å²) < 4.78 is 5.85. The van der Waals surface area contributed by atoms with Crippen molar-refractivity contribution in [2.75, 3.05) is 46.4 Å². The second-order valence-electron chi connectivity index (χ2n) is 7.23. The minimum atomic E-state index is 0. The Balaban J connectivity index is 0.000000437. The number of ether oxygens (including phenoxy) is 1. The molecule has 0 atom stereocenters. The number of nitrogens with zero attached hydrogens (tertiary/aromatic N) is 2. The predicted molar refractivity (Wildman–Crippen MR) is 117 cm³/mol. The number of allylic oxidation sites excluding steroid dienone is 6. The first kappa shape index (κ1) is 23.4. The quantitative estimate of drug-likeness (QED) is 0.439. The first-order valence-electron chi connectivity index (χ1n) is 10.0. The summed E-state index contributed by atoms with van der Waals surface area (Å²) >= 11 is 0. The molecular formula is C24H31FeN3O. The Labute approximate surface area is 185 Å². The van der Waals surface area contributed by atoms with Crippen molar-refractivity contribution in [1.82, 2.24) is 9.80 Å². The average molecular weight is 433 g/mol. The molecule has 1 aromatic rings. The third kappa shape index (κ3) is 7.81. The van der Waals surface area contributed by atoms with Gasteiger partial charge in [-0.1, -0.05) is 42.0 Å². The van der Waals surface area contributed by atoms with E-state index in [4.69, 9.17) is 10.5 Å². The van der Waals surface area contributed by atoms with E-state index < -0.39 is 0 Å². The summed E-state index contributed by atoms with van der Waals surface area (Å²) in [5.74, 6) is 0.858. The standard InChI is InChI=1S/C19H26N3O.C5H5.Fe/c1-21-10-12-22(13-11-21)9-4-14-23-17-7-8-18(19(20)15-17)16-5-2-3-6-16;1-2-4-5-3-1;/h2-3,5-8,15H,4,9-14,20H2,1H3;1-5H;/q2*-1;+2. The molecule has 1 fully saturated rings. The van der Waals surface area contributed by atoms with Crippen LogP contribution in [0.2, 0.25) is 0 Å². The van der Waals surface area contributed by atoms with E-state index in [1.807, 2.05) is 60.7 Å². The minimum Gasteiger partial charge on any atom is -0.537 e. The largest absolute Gasteiger partial charge is 2.00 e. The van der Waals surface area contributed by atoms with Crippen LogP contribution in [0.3, 0.4) is 0 Å². The molecule has 156 valence electrons. The summed E-state index contributed by atoms with van der Waals surface area (Å²) in [5.41, 5.74) is 8.38. The van der Waals surface area contributed by atoms with E-state index in [2.05, 4.69) is 29.0 Å². The van der Waals surface area contributed by atoms with E-state index in [1.54, 1.807) is 0 Å². The zero-order valence-corrected chi connectivity index (χ0v) is 18.2. The van der Waals surface area contributed by atoms with E-state index in [-0.39, 0.29) is 17.1 Å². The molecule has 29 heavy (non-hydrogen) atoms. The van der Waals surface area contributed by atoms with E-state index in [1.165, 1.54) is 13.1 Å². The topological polar surface area (TPSA) is 41.7 Å². The molecule has 1 saturated heterocycles. The number of piperazine rings is 1. The summed E-state index contributed by atoms with van der Waals surface area (Å²) in [4.78, 5) is 4.89. The van der Waals surface area contributed by atoms with Gasteiger partial charge in [-0.15, -0.1) is 17.7 Å². The van der Waals surface area contributed by atoms with Crippen molar-refractivity contribution < 1.29 is 21.8 Å². The summed E-state index contributed by atoms with van der Waals surface area (Å²) in [5, 5.41) is 0. The van der Waals surface area contributed by atoms with Crippen molar-refractivity contribution in [3.8, 4) is 0 Å². The van der Waals surface area contributed by atoms with E-state index in [0.29, 0.717) is 0 Å². The Morgan fingerprint density at radius 2 is 1.72 bits per heavy atom. The molecule has 0 spiro atoms. The van der Waals surface area contributed by atoms with Crippen LogP contribution >= 0.6 is 0 Å². The Hall–Kier alpha value is -1.88. The van der Waals surface area contributed by atoms with Crippen LogP contribution in [0.25, 0.3) is 0 Å². The van der Waals surface area contributed by atoms with E-state index >= 15 is 0 Å². The molecule has 0 aromatic heterocycles. The van der Waals surface area contributed by atoms with Gasteiger partial charge in [0.25, 0.3) is 0 Å². The van der Waals surface area contributed by atoms with Gasteiger partial charge in [-0.2, -0.15) is 18.2 Å². The number of hydrogen-bond donors (Lipinski definition) is 1. The van der Waals surface area contributed by atoms with Crippen LogP contribution in [0.1, 0.15) is 6.42 Å². The Kier molecular flexibility index (Phi) is 10.2. The maximum atomic E-state index is 6.15. The van der Waals surface area contributed by atoms with Gasteiger partial charge in [0.2, 0.25) is 0 Å². The Morgan fingerprint density at radius 3 is 2.31 bits per heavy atom. The fraction of sp³-hybridized carbons (Fsp3) is 0.333. The molecular weight excluding hydrogens is 402 g/mol. The van der Waals surface area contributed by atoms with E-state index in [0.717, 1.165) is 55.6 Å². The molecule has 2 N–H and O–H groups in total. The van der Waals surface area contributed by atoms with E-state index in [9.17, 15) is 0 Å². The SMILES string of the molecule is CN1CCN(CCCOC2=C[C-](N)C(=C3C=CC=C3)C=C2)CC1.[Fe+2].c1cc[cH-]c1. The molecule has 0 unspecified atom stereocenters. The number of hydrogen-bond acceptors (Lipinski definition) is 4. The van der Waals surface area contributed by atoms with Crippen molar-refractivity contribution in [3.63, 3.8) is 0 Å². The molecule has 0 bridgehead atoms. The molecule has 4 nitrogen and oxygen atoms in total. The Morgan fingerprint density at radius 1 is 1.03 bits per heavy atom. The van der Waals surface area contributed by atoms with Crippen molar-refractivity contribution in [2.45, 2.75) is 6.42 Å². The second kappa shape index (κ2) is 12.6. The van der Waals surface area contributed by atoms with Crippen LogP contribution < -0.4 is 5.73 Å². The van der Waals surface area contributed by atoms with Crippen molar-refractivity contribution in [3.05, 3.63) is 95.8 Å². The minimum absolute atomic E-state index is 0. The van der Waals surface area contributed by atoms with Crippen LogP contribution in [0, 0.1) is 6.04 Å². The normalized spacial score (nSPS) is 19.0. The molecule has 2 aliphatic carbocycles. The van der Waals surface area contributed by atoms with Gasteiger partial charge in [0.05, 0.1) is 6.61 Å². The molecule has 4 rings (SSSR count). The maximum absolute atomic E-state index is 6.15. The summed E-state index contributed by atoms with van der Waals surface area (Å²) in [6.45, 7) is 6.51. The van der Waals surface area contributed by atoms with Gasteiger partial charge in [0, 0.05) is 38.5 Å². The molecule has 0 radical (unpaired) electrons. The maximum Gasteiger partial charge on any atom is 2.00 e. The third-order valence-corrected chi connectivity index (χ3v) is 5.04. The zero-order chi connectivity index (χ0) is 19.6. The van der Waals surface area contributed by atoms with Crippen molar-refractivity contribution in [2.24, 2.45) is 5.73 Å². The fourth-order valence-corrected chi connectivity index (χ4v) is 3.32. The zero-order valence-electron chi connectivity index (χ0n) is 17.1. The first-order chi connectivity index (χ1) is 13.7. The molecule has 5 heteroatoms. The molecule has 3 aliphatic rings. The van der Waals surface area contributed by atoms with Crippen LogP contribution in [-0.4, -0.2) is 56.2 Å². The molecule has 1 aliphatic heterocycles. The molecule has 0 amide bonds. The second-order valence-corrected chi connectivity index (χ2v) is 7.23. The van der Waals surface area contributed by atoms with Crippen molar-refractivity contribution >= 4 is 0 Å². The van der Waals surface area contributed by atoms with Gasteiger partial charge < -0.3 is 20.3 Å². The summed E-state index contributed by atoms with van der Waals surface area (Å²) in [6.07, 6.45) is 15.2. The number of rotatable bonds is 5. The molecule has 1 heterocycles. The monoisotopic (exact) mass is 433 g/mol. The summed E-state index contributed by atoms with van der Waals surface area (Å²) in [6, 6.07) is 10.8. The van der Waals surface area contributed by atoms with Crippen LogP contribution in [-0.2, 0) is 21.8 Å². The first-order valence-corrected chi connectivity index (χ1v) is 10.0. The predicted octanol–water partition coefficient (Wildman–Crippen LogP) is 3.41. The van der Waals surface area contributed by atoms with Crippen LogP contribution in [0.4, 0.5) is 0 Å². The number of nitrogens with two attached hydrogens (primary N) is 1. The fourth-order valence-electron chi connectivity index (χ4n) is 3.32. The van der Waals surface area contributed by atoms with Crippen LogP contribution in [0.15, 0.2) is 89.8 Å². The number of likely N-dealkylation sites (N-methyl/N-ethyl adjacent to an activating group) is 1. The van der Waals surface area contributed by atoms with Gasteiger partial charge in [-0.25, -0.2) is 12.1 Å². The van der Waals surface area contributed by atoms with Gasteiger partial charge in [-0.05, 0) is 13.5 Å². The molecule has 1 aromatic carbocycles. The molecule has 0 saturated carbocycles. The van der Waals surface area contributed by atoms with Crippen molar-refractivity contribution in [1.29, 1.82) is 0 Å².